The summed E-state index contributed by atoms with van der Waals surface area (Å²) in [5.41, 5.74) is 0.746. The van der Waals surface area contributed by atoms with Gasteiger partial charge in [0.25, 0.3) is 0 Å². The minimum Gasteiger partial charge on any atom is -0.393 e. The number of hydrogen-bond donors (Lipinski definition) is 1. The highest BCUT2D eigenvalue weighted by atomic mass is 19.1. The number of ether oxygens (including phenoxy) is 1. The topological polar surface area (TPSA) is 76.6 Å². The molecule has 3 aliphatic rings. The van der Waals surface area contributed by atoms with Crippen molar-refractivity contribution in [3.05, 3.63) is 77.6 Å². The van der Waals surface area contributed by atoms with Gasteiger partial charge in [-0.2, -0.15) is 0 Å². The van der Waals surface area contributed by atoms with Gasteiger partial charge in [0.05, 0.1) is 26.4 Å². The van der Waals surface area contributed by atoms with Gasteiger partial charge < -0.3 is 24.5 Å². The van der Waals surface area contributed by atoms with E-state index in [-0.39, 0.29) is 36.9 Å². The maximum absolute atomic E-state index is 14.8. The van der Waals surface area contributed by atoms with E-state index in [4.69, 9.17) is 4.74 Å². The predicted molar refractivity (Wildman–Crippen MR) is 146 cm³/mol. The van der Waals surface area contributed by atoms with Crippen molar-refractivity contribution < 1.29 is 23.8 Å². The normalized spacial score (nSPS) is 22.6. The van der Waals surface area contributed by atoms with Gasteiger partial charge in [-0.25, -0.2) is 9.18 Å². The van der Waals surface area contributed by atoms with E-state index in [2.05, 4.69) is 4.90 Å². The number of halogens is 1. The van der Waals surface area contributed by atoms with E-state index in [1.165, 1.54) is 6.07 Å². The predicted octanol–water partition coefficient (Wildman–Crippen LogP) is 2.79. The van der Waals surface area contributed by atoms with Crippen molar-refractivity contribution in [3.63, 3.8) is 0 Å². The molecule has 3 amide bonds. The van der Waals surface area contributed by atoms with Crippen LogP contribution >= 0.6 is 0 Å². The Hall–Kier alpha value is -3.27. The minimum atomic E-state index is -1.11. The van der Waals surface area contributed by atoms with Crippen molar-refractivity contribution in [2.24, 2.45) is 0 Å². The highest BCUT2D eigenvalue weighted by molar-refractivity contribution is 5.84. The number of morpholine rings is 1. The molecular formula is C30H37FN4O4. The molecule has 208 valence electrons. The summed E-state index contributed by atoms with van der Waals surface area (Å²) in [4.78, 5) is 34.3. The average molecular weight is 537 g/mol. The fourth-order valence-corrected chi connectivity index (χ4v) is 5.93. The molecule has 3 heterocycles. The van der Waals surface area contributed by atoms with Crippen molar-refractivity contribution in [2.75, 3.05) is 66.1 Å². The van der Waals surface area contributed by atoms with Gasteiger partial charge in [0.1, 0.15) is 11.4 Å². The van der Waals surface area contributed by atoms with Gasteiger partial charge in [0, 0.05) is 51.4 Å². The van der Waals surface area contributed by atoms with Gasteiger partial charge in [-0.1, -0.05) is 48.5 Å². The van der Waals surface area contributed by atoms with Crippen molar-refractivity contribution in [2.45, 2.75) is 24.4 Å². The van der Waals surface area contributed by atoms with Crippen LogP contribution in [0.25, 0.3) is 5.57 Å². The molecule has 0 saturated carbocycles. The number of nitrogens with zero attached hydrogens (tertiary/aromatic N) is 4. The second-order valence-electron chi connectivity index (χ2n) is 10.6. The molecule has 1 atom stereocenters. The lowest BCUT2D eigenvalue weighted by atomic mass is 9.89. The number of urea groups is 1. The molecule has 2 saturated heterocycles. The summed E-state index contributed by atoms with van der Waals surface area (Å²) < 4.78 is 20.1. The number of piperidine rings is 1. The summed E-state index contributed by atoms with van der Waals surface area (Å²) in [7, 11) is 1.78. The SMILES string of the molecule is CN(C(=O)N1CC(c2ccccc2F)=CC1(CO)c1ccccc1)C1CCN(C(=O)CN2CCOCC2)CC1. The van der Waals surface area contributed by atoms with Gasteiger partial charge in [0.2, 0.25) is 5.91 Å². The van der Waals surface area contributed by atoms with E-state index >= 15 is 0 Å². The fourth-order valence-electron chi connectivity index (χ4n) is 5.93. The van der Waals surface area contributed by atoms with Crippen molar-refractivity contribution >= 4 is 17.5 Å². The van der Waals surface area contributed by atoms with Gasteiger partial charge >= 0.3 is 6.03 Å². The summed E-state index contributed by atoms with van der Waals surface area (Å²) in [5.74, 6) is -0.244. The summed E-state index contributed by atoms with van der Waals surface area (Å²) in [6, 6.07) is 15.6. The number of benzene rings is 2. The van der Waals surface area contributed by atoms with Crippen molar-refractivity contribution in [1.82, 2.24) is 19.6 Å². The zero-order chi connectivity index (χ0) is 27.4. The van der Waals surface area contributed by atoms with Gasteiger partial charge in [0.15, 0.2) is 0 Å². The molecule has 0 aliphatic carbocycles. The van der Waals surface area contributed by atoms with Gasteiger partial charge in [-0.3, -0.25) is 9.69 Å². The number of likely N-dealkylation sites (tertiary alicyclic amines) is 1. The van der Waals surface area contributed by atoms with E-state index in [0.717, 1.165) is 18.7 Å². The quantitative estimate of drug-likeness (QED) is 0.615. The second-order valence-corrected chi connectivity index (χ2v) is 10.6. The zero-order valence-electron chi connectivity index (χ0n) is 22.5. The summed E-state index contributed by atoms with van der Waals surface area (Å²) in [6.45, 7) is 4.28. The zero-order valence-corrected chi connectivity index (χ0v) is 22.5. The third-order valence-electron chi connectivity index (χ3n) is 8.32. The van der Waals surface area contributed by atoms with Gasteiger partial charge in [-0.05, 0) is 36.1 Å². The number of aliphatic hydroxyl groups is 1. The standard InChI is InChI=1S/C30H37FN4O4/c1-32(25-11-13-34(14-12-25)28(37)21-33-15-17-39-18-16-33)29(38)35-20-23(26-9-5-6-10-27(26)31)19-30(35,22-36)24-7-3-2-4-8-24/h2-10,19,25,36H,11-18,20-22H2,1H3. The molecule has 1 N–H and O–H groups in total. The Morgan fingerprint density at radius 3 is 2.36 bits per heavy atom. The number of aliphatic hydroxyl groups excluding tert-OH is 1. The van der Waals surface area contributed by atoms with E-state index in [1.54, 1.807) is 35.0 Å². The number of carbonyl (C=O) groups is 2. The second kappa shape index (κ2) is 11.9. The monoisotopic (exact) mass is 536 g/mol. The highest BCUT2D eigenvalue weighted by Crippen LogP contribution is 2.41. The van der Waals surface area contributed by atoms with E-state index < -0.39 is 5.54 Å². The highest BCUT2D eigenvalue weighted by Gasteiger charge is 2.46. The number of carbonyl (C=O) groups excluding carboxylic acids is 2. The molecule has 1 unspecified atom stereocenters. The lowest BCUT2D eigenvalue weighted by Crippen LogP contribution is -2.56. The molecule has 8 nitrogen and oxygen atoms in total. The number of hydrogen-bond acceptors (Lipinski definition) is 5. The summed E-state index contributed by atoms with van der Waals surface area (Å²) >= 11 is 0. The van der Waals surface area contributed by atoms with E-state index in [9.17, 15) is 19.1 Å². The summed E-state index contributed by atoms with van der Waals surface area (Å²) in [6.07, 6.45) is 3.19. The first-order chi connectivity index (χ1) is 18.9. The van der Waals surface area contributed by atoms with Gasteiger partial charge in [-0.15, -0.1) is 0 Å². The molecular weight excluding hydrogens is 499 g/mol. The van der Waals surface area contributed by atoms with Crippen LogP contribution in [-0.4, -0.2) is 109 Å². The Labute approximate surface area is 229 Å². The first-order valence-electron chi connectivity index (χ1n) is 13.7. The Bertz CT molecular complexity index is 1190. The third kappa shape index (κ3) is 5.57. The fraction of sp³-hybridized carbons (Fsp3) is 0.467. The molecule has 2 aromatic rings. The number of amides is 3. The van der Waals surface area contributed by atoms with Crippen LogP contribution in [0.2, 0.25) is 0 Å². The van der Waals surface area contributed by atoms with Crippen LogP contribution in [0.15, 0.2) is 60.7 Å². The maximum Gasteiger partial charge on any atom is 0.321 e. The average Bonchev–Trinajstić information content (AvgIpc) is 3.38. The Morgan fingerprint density at radius 2 is 1.69 bits per heavy atom. The molecule has 9 heteroatoms. The molecule has 0 radical (unpaired) electrons. The molecule has 3 aliphatic heterocycles. The minimum absolute atomic E-state index is 0.0467. The molecule has 2 aromatic carbocycles. The summed E-state index contributed by atoms with van der Waals surface area (Å²) in [5, 5.41) is 10.7. The Balaban J connectivity index is 1.31. The molecule has 0 bridgehead atoms. The van der Waals surface area contributed by atoms with Crippen LogP contribution in [-0.2, 0) is 15.1 Å². The lowest BCUT2D eigenvalue weighted by molar-refractivity contribution is -0.134. The first kappa shape index (κ1) is 27.3. The smallest absolute Gasteiger partial charge is 0.321 e. The van der Waals surface area contributed by atoms with Crippen LogP contribution in [0.4, 0.5) is 9.18 Å². The lowest BCUT2D eigenvalue weighted by Gasteiger charge is -2.43. The molecule has 0 aromatic heterocycles. The third-order valence-corrected chi connectivity index (χ3v) is 8.32. The Kier molecular flexibility index (Phi) is 8.30. The van der Waals surface area contributed by atoms with E-state index in [0.29, 0.717) is 56.8 Å². The Morgan fingerprint density at radius 1 is 1.03 bits per heavy atom. The van der Waals surface area contributed by atoms with Crippen LogP contribution in [0.5, 0.6) is 0 Å². The van der Waals surface area contributed by atoms with Crippen LogP contribution < -0.4 is 0 Å². The largest absolute Gasteiger partial charge is 0.393 e. The van der Waals surface area contributed by atoms with Crippen LogP contribution in [0, 0.1) is 5.82 Å². The molecule has 39 heavy (non-hydrogen) atoms. The van der Waals surface area contributed by atoms with Crippen molar-refractivity contribution in [3.8, 4) is 0 Å². The van der Waals surface area contributed by atoms with E-state index in [1.807, 2.05) is 41.3 Å². The van der Waals surface area contributed by atoms with Crippen LogP contribution in [0.1, 0.15) is 24.0 Å². The number of rotatable bonds is 6. The van der Waals surface area contributed by atoms with Crippen molar-refractivity contribution in [1.29, 1.82) is 0 Å². The van der Waals surface area contributed by atoms with Crippen LogP contribution in [0.3, 0.4) is 0 Å². The molecule has 2 fully saturated rings. The first-order valence-corrected chi connectivity index (χ1v) is 13.7. The molecule has 5 rings (SSSR count). The maximum atomic E-state index is 14.8. The molecule has 0 spiro atoms.